The van der Waals surface area contributed by atoms with E-state index in [1.807, 2.05) is 0 Å². The number of Topliss-reactive ketones (excluding diaryl/α,β-unsaturated/α-hetero) is 1. The highest BCUT2D eigenvalue weighted by molar-refractivity contribution is 5.89. The summed E-state index contributed by atoms with van der Waals surface area (Å²) in [6.07, 6.45) is 9.62. The van der Waals surface area contributed by atoms with Gasteiger partial charge in [-0.15, -0.1) is 0 Å². The molecule has 0 amide bonds. The summed E-state index contributed by atoms with van der Waals surface area (Å²) in [6.45, 7) is 7.65. The van der Waals surface area contributed by atoms with E-state index in [1.165, 1.54) is 12.5 Å². The van der Waals surface area contributed by atoms with E-state index in [0.29, 0.717) is 24.2 Å². The van der Waals surface area contributed by atoms with Crippen LogP contribution in [0.15, 0.2) is 11.6 Å². The Hall–Kier alpha value is -1.16. The van der Waals surface area contributed by atoms with Crippen LogP contribution in [0.3, 0.4) is 0 Å². The first-order valence-electron chi connectivity index (χ1n) is 10.7. The lowest BCUT2D eigenvalue weighted by Gasteiger charge is -2.59. The number of hydrogen-bond donors (Lipinski definition) is 1. The van der Waals surface area contributed by atoms with Crippen molar-refractivity contribution >= 4 is 11.8 Å². The zero-order chi connectivity index (χ0) is 19.6. The molecular weight excluding hydrogens is 340 g/mol. The predicted molar refractivity (Wildman–Crippen MR) is 103 cm³/mol. The highest BCUT2D eigenvalue weighted by Gasteiger charge is 2.67. The zero-order valence-corrected chi connectivity index (χ0v) is 17.2. The molecule has 0 aromatic heterocycles. The molecule has 3 saturated carbocycles. The minimum atomic E-state index is -0.936. The van der Waals surface area contributed by atoms with Crippen molar-refractivity contribution < 1.29 is 19.4 Å². The summed E-state index contributed by atoms with van der Waals surface area (Å²) in [4.78, 5) is 24.6. The van der Waals surface area contributed by atoms with Crippen LogP contribution in [0.4, 0.5) is 0 Å². The Kier molecular flexibility index (Phi) is 4.38. The van der Waals surface area contributed by atoms with Crippen molar-refractivity contribution in [2.75, 3.05) is 0 Å². The highest BCUT2D eigenvalue weighted by atomic mass is 16.6. The minimum Gasteiger partial charge on any atom is -0.451 e. The van der Waals surface area contributed by atoms with Gasteiger partial charge in [0, 0.05) is 12.3 Å². The zero-order valence-electron chi connectivity index (χ0n) is 17.2. The summed E-state index contributed by atoms with van der Waals surface area (Å²) in [5.41, 5.74) is 0.458. The van der Waals surface area contributed by atoms with Crippen LogP contribution in [-0.2, 0) is 14.3 Å². The van der Waals surface area contributed by atoms with E-state index < -0.39 is 5.60 Å². The first-order chi connectivity index (χ1) is 12.6. The molecular formula is C23H34O4. The summed E-state index contributed by atoms with van der Waals surface area (Å²) < 4.78 is 5.83. The van der Waals surface area contributed by atoms with Gasteiger partial charge < -0.3 is 9.84 Å². The van der Waals surface area contributed by atoms with Crippen LogP contribution in [0.2, 0.25) is 0 Å². The van der Waals surface area contributed by atoms with Crippen LogP contribution in [0.1, 0.15) is 79.1 Å². The van der Waals surface area contributed by atoms with E-state index in [4.69, 9.17) is 4.74 Å². The Balaban J connectivity index is 1.69. The molecule has 4 nitrogen and oxygen atoms in total. The molecule has 4 heteroatoms. The number of carbonyl (C=O) groups is 2. The molecule has 150 valence electrons. The SMILES string of the molecule is CC(=O)O[C@]1(C(C)=O)CC[C@@H]2[C@@H]3CCC4=C[C@@H](O)CC[C@]4(C)[C@@H]3CC[C@@]21C. The van der Waals surface area contributed by atoms with E-state index in [1.54, 1.807) is 6.92 Å². The topological polar surface area (TPSA) is 63.6 Å². The Morgan fingerprint density at radius 3 is 2.41 bits per heavy atom. The summed E-state index contributed by atoms with van der Waals surface area (Å²) in [5.74, 6) is 1.31. The molecule has 4 rings (SSSR count). The molecule has 0 spiro atoms. The molecule has 3 fully saturated rings. The van der Waals surface area contributed by atoms with Gasteiger partial charge in [-0.3, -0.25) is 9.59 Å². The van der Waals surface area contributed by atoms with E-state index >= 15 is 0 Å². The molecule has 7 atom stereocenters. The number of hydrogen-bond acceptors (Lipinski definition) is 4. The van der Waals surface area contributed by atoms with Gasteiger partial charge in [-0.2, -0.15) is 0 Å². The highest BCUT2D eigenvalue weighted by Crippen LogP contribution is 2.68. The maximum Gasteiger partial charge on any atom is 0.303 e. The molecule has 4 aliphatic carbocycles. The fraction of sp³-hybridized carbons (Fsp3) is 0.826. The van der Waals surface area contributed by atoms with Crippen molar-refractivity contribution in [1.82, 2.24) is 0 Å². The van der Waals surface area contributed by atoms with Crippen molar-refractivity contribution in [1.29, 1.82) is 0 Å². The number of esters is 1. The van der Waals surface area contributed by atoms with Crippen LogP contribution in [0.25, 0.3) is 0 Å². The largest absolute Gasteiger partial charge is 0.451 e. The molecule has 27 heavy (non-hydrogen) atoms. The number of aliphatic hydroxyl groups excluding tert-OH is 1. The molecule has 0 radical (unpaired) electrons. The molecule has 0 heterocycles. The first-order valence-corrected chi connectivity index (χ1v) is 10.7. The second kappa shape index (κ2) is 6.17. The van der Waals surface area contributed by atoms with Gasteiger partial charge in [-0.1, -0.05) is 25.5 Å². The number of fused-ring (bicyclic) bond motifs is 5. The average molecular weight is 375 g/mol. The van der Waals surface area contributed by atoms with Crippen LogP contribution in [0, 0.1) is 28.6 Å². The smallest absolute Gasteiger partial charge is 0.303 e. The van der Waals surface area contributed by atoms with Gasteiger partial charge in [0.1, 0.15) is 0 Å². The molecule has 1 N–H and O–H groups in total. The Labute approximate surface area is 162 Å². The van der Waals surface area contributed by atoms with Crippen molar-refractivity contribution in [2.24, 2.45) is 28.6 Å². The monoisotopic (exact) mass is 374 g/mol. The first kappa shape index (κ1) is 19.2. The van der Waals surface area contributed by atoms with Crippen molar-refractivity contribution in [2.45, 2.75) is 90.8 Å². The number of rotatable bonds is 2. The summed E-state index contributed by atoms with van der Waals surface area (Å²) in [7, 11) is 0. The Morgan fingerprint density at radius 1 is 1.04 bits per heavy atom. The molecule has 0 aromatic carbocycles. The third-order valence-electron chi connectivity index (χ3n) is 9.10. The average Bonchev–Trinajstić information content (AvgIpc) is 2.89. The Bertz CT molecular complexity index is 696. The third-order valence-corrected chi connectivity index (χ3v) is 9.10. The van der Waals surface area contributed by atoms with Gasteiger partial charge in [0.05, 0.1) is 6.10 Å². The predicted octanol–water partition coefficient (Wildman–Crippen LogP) is 4.20. The molecule has 0 unspecified atom stereocenters. The van der Waals surface area contributed by atoms with Crippen LogP contribution >= 0.6 is 0 Å². The van der Waals surface area contributed by atoms with Crippen LogP contribution in [-0.4, -0.2) is 28.6 Å². The molecule has 0 saturated heterocycles. The van der Waals surface area contributed by atoms with Gasteiger partial charge in [0.25, 0.3) is 0 Å². The number of allylic oxidation sites excluding steroid dienone is 1. The van der Waals surface area contributed by atoms with E-state index in [9.17, 15) is 14.7 Å². The van der Waals surface area contributed by atoms with Gasteiger partial charge in [-0.05, 0) is 81.5 Å². The number of ether oxygens (including phenoxy) is 1. The van der Waals surface area contributed by atoms with Gasteiger partial charge in [-0.25, -0.2) is 0 Å². The lowest BCUT2D eigenvalue weighted by Crippen LogP contribution is -2.58. The van der Waals surface area contributed by atoms with E-state index in [-0.39, 0.29) is 28.7 Å². The number of ketones is 1. The lowest BCUT2D eigenvalue weighted by molar-refractivity contribution is -0.187. The fourth-order valence-electron chi connectivity index (χ4n) is 7.77. The van der Waals surface area contributed by atoms with E-state index in [0.717, 1.165) is 44.9 Å². The van der Waals surface area contributed by atoms with Crippen LogP contribution < -0.4 is 0 Å². The number of carbonyl (C=O) groups excluding carboxylic acids is 2. The maximum absolute atomic E-state index is 12.7. The minimum absolute atomic E-state index is 0.0181. The van der Waals surface area contributed by atoms with Crippen LogP contribution in [0.5, 0.6) is 0 Å². The second-order valence-electron chi connectivity index (χ2n) is 10.1. The molecule has 4 aliphatic rings. The quantitative estimate of drug-likeness (QED) is 0.581. The molecule has 0 aromatic rings. The van der Waals surface area contributed by atoms with E-state index in [2.05, 4.69) is 19.9 Å². The summed E-state index contributed by atoms with van der Waals surface area (Å²) >= 11 is 0. The standard InChI is InChI=1S/C23H34O4/c1-14(24)23(27-15(2)25)12-9-20-18-6-5-16-13-17(26)7-10-21(16,3)19(18)8-11-22(20,23)4/h13,17-20,26H,5-12H2,1-4H3/t17-,18+,19+,20+,21-,22-,23-/m0/s1. The molecule has 0 bridgehead atoms. The van der Waals surface area contributed by atoms with Gasteiger partial charge in [0.15, 0.2) is 11.4 Å². The molecule has 0 aliphatic heterocycles. The third kappa shape index (κ3) is 2.51. The normalized spacial score (nSPS) is 48.7. The Morgan fingerprint density at radius 2 is 1.74 bits per heavy atom. The summed E-state index contributed by atoms with van der Waals surface area (Å²) in [6, 6.07) is 0. The second-order valence-corrected chi connectivity index (χ2v) is 10.1. The van der Waals surface area contributed by atoms with Crippen molar-refractivity contribution in [3.8, 4) is 0 Å². The fourth-order valence-corrected chi connectivity index (χ4v) is 7.77. The maximum atomic E-state index is 12.7. The van der Waals surface area contributed by atoms with Crippen molar-refractivity contribution in [3.63, 3.8) is 0 Å². The summed E-state index contributed by atoms with van der Waals surface area (Å²) in [5, 5.41) is 10.1. The van der Waals surface area contributed by atoms with Gasteiger partial charge in [0.2, 0.25) is 0 Å². The van der Waals surface area contributed by atoms with Crippen molar-refractivity contribution in [3.05, 3.63) is 11.6 Å². The number of aliphatic hydroxyl groups is 1. The van der Waals surface area contributed by atoms with Gasteiger partial charge >= 0.3 is 5.97 Å². The lowest BCUT2D eigenvalue weighted by atomic mass is 9.46.